The van der Waals surface area contributed by atoms with Crippen molar-refractivity contribution < 1.29 is 19.5 Å². The van der Waals surface area contributed by atoms with Gasteiger partial charge in [0.15, 0.2) is 0 Å². The summed E-state index contributed by atoms with van der Waals surface area (Å²) in [6.45, 7) is 2.57. The summed E-state index contributed by atoms with van der Waals surface area (Å²) < 4.78 is 0. The maximum Gasteiger partial charge on any atom is 0.323 e. The number of hydrogen-bond acceptors (Lipinski definition) is 3. The van der Waals surface area contributed by atoms with Gasteiger partial charge in [-0.2, -0.15) is 0 Å². The fourth-order valence-electron chi connectivity index (χ4n) is 4.34. The lowest BCUT2D eigenvalue weighted by Gasteiger charge is -2.38. The number of aliphatic carboxylic acids is 1. The van der Waals surface area contributed by atoms with Crippen molar-refractivity contribution in [1.82, 2.24) is 4.90 Å². The van der Waals surface area contributed by atoms with E-state index in [1.807, 2.05) is 49.4 Å². The van der Waals surface area contributed by atoms with E-state index in [2.05, 4.69) is 0 Å². The van der Waals surface area contributed by atoms with E-state index >= 15 is 0 Å². The summed E-state index contributed by atoms with van der Waals surface area (Å²) in [6, 6.07) is 14.9. The van der Waals surface area contributed by atoms with Crippen molar-refractivity contribution in [3.8, 4) is 0 Å². The van der Waals surface area contributed by atoms with Crippen LogP contribution < -0.4 is 4.90 Å². The largest absolute Gasteiger partial charge is 0.480 e. The molecule has 2 aliphatic heterocycles. The molecule has 2 aromatic carbocycles. The first-order chi connectivity index (χ1) is 13.4. The van der Waals surface area contributed by atoms with Gasteiger partial charge in [-0.25, -0.2) is 0 Å². The molecule has 2 aromatic rings. The zero-order chi connectivity index (χ0) is 19.9. The molecule has 0 aliphatic carbocycles. The van der Waals surface area contributed by atoms with Crippen LogP contribution >= 0.6 is 0 Å². The molecular formula is C22H22N2O4. The Bertz CT molecular complexity index is 943. The van der Waals surface area contributed by atoms with Gasteiger partial charge in [-0.1, -0.05) is 35.9 Å². The lowest BCUT2D eigenvalue weighted by Crippen LogP contribution is -2.50. The summed E-state index contributed by atoms with van der Waals surface area (Å²) in [4.78, 5) is 40.4. The fraction of sp³-hybridized carbons (Fsp3) is 0.318. The molecule has 0 aromatic heterocycles. The summed E-state index contributed by atoms with van der Waals surface area (Å²) >= 11 is 0. The zero-order valence-electron chi connectivity index (χ0n) is 15.7. The molecule has 1 spiro atoms. The highest BCUT2D eigenvalue weighted by Gasteiger charge is 2.52. The monoisotopic (exact) mass is 378 g/mol. The number of carboxylic acid groups (broad SMARTS) is 1. The van der Waals surface area contributed by atoms with E-state index in [9.17, 15) is 19.5 Å². The van der Waals surface area contributed by atoms with Gasteiger partial charge in [-0.3, -0.25) is 14.4 Å². The third kappa shape index (κ3) is 2.85. The average Bonchev–Trinajstić information content (AvgIpc) is 2.91. The minimum atomic E-state index is -1.04. The van der Waals surface area contributed by atoms with Crippen LogP contribution in [0.25, 0.3) is 0 Å². The molecule has 0 unspecified atom stereocenters. The number of carboxylic acids is 1. The number of piperidine rings is 1. The SMILES string of the molecule is Cc1ccc(C(=O)N2CCC3(CC2)C(=O)N(CC(=O)O)c2ccccc23)cc1. The first-order valence-corrected chi connectivity index (χ1v) is 9.41. The second kappa shape index (κ2) is 6.78. The Kier molecular flexibility index (Phi) is 4.41. The standard InChI is InChI=1S/C22H22N2O4/c1-15-6-8-16(9-7-15)20(27)23-12-10-22(11-13-23)17-4-2-3-5-18(17)24(21(22)28)14-19(25)26/h2-9H,10-14H2,1H3,(H,25,26). The molecule has 1 fully saturated rings. The molecule has 28 heavy (non-hydrogen) atoms. The first kappa shape index (κ1) is 18.2. The molecule has 144 valence electrons. The molecule has 6 heteroatoms. The van der Waals surface area contributed by atoms with Crippen LogP contribution in [-0.4, -0.2) is 47.4 Å². The predicted octanol–water partition coefficient (Wildman–Crippen LogP) is 2.60. The molecule has 0 radical (unpaired) electrons. The highest BCUT2D eigenvalue weighted by molar-refractivity contribution is 6.10. The van der Waals surface area contributed by atoms with Crippen molar-refractivity contribution in [1.29, 1.82) is 0 Å². The molecule has 2 amide bonds. The highest BCUT2D eigenvalue weighted by atomic mass is 16.4. The van der Waals surface area contributed by atoms with E-state index in [-0.39, 0.29) is 18.4 Å². The van der Waals surface area contributed by atoms with Crippen molar-refractivity contribution in [3.05, 3.63) is 65.2 Å². The van der Waals surface area contributed by atoms with Gasteiger partial charge in [-0.15, -0.1) is 0 Å². The van der Waals surface area contributed by atoms with E-state index in [0.717, 1.165) is 11.1 Å². The van der Waals surface area contributed by atoms with Gasteiger partial charge in [-0.05, 0) is 43.5 Å². The van der Waals surface area contributed by atoms with Crippen molar-refractivity contribution in [2.24, 2.45) is 0 Å². The number of nitrogens with zero attached hydrogens (tertiary/aromatic N) is 2. The lowest BCUT2D eigenvalue weighted by molar-refractivity contribution is -0.137. The van der Waals surface area contributed by atoms with Crippen LogP contribution in [-0.2, 0) is 15.0 Å². The molecule has 4 rings (SSSR count). The van der Waals surface area contributed by atoms with Crippen molar-refractivity contribution in [2.75, 3.05) is 24.5 Å². The second-order valence-corrected chi connectivity index (χ2v) is 7.54. The normalized spacial score (nSPS) is 17.7. The third-order valence-corrected chi connectivity index (χ3v) is 5.86. The van der Waals surface area contributed by atoms with Gasteiger partial charge in [0, 0.05) is 24.3 Å². The van der Waals surface area contributed by atoms with Crippen molar-refractivity contribution in [2.45, 2.75) is 25.2 Å². The summed E-state index contributed by atoms with van der Waals surface area (Å²) in [5.74, 6) is -1.23. The van der Waals surface area contributed by atoms with Gasteiger partial charge >= 0.3 is 5.97 Å². The van der Waals surface area contributed by atoms with Crippen LogP contribution in [0.5, 0.6) is 0 Å². The summed E-state index contributed by atoms with van der Waals surface area (Å²) in [7, 11) is 0. The molecule has 0 atom stereocenters. The number of para-hydroxylation sites is 1. The summed E-state index contributed by atoms with van der Waals surface area (Å²) in [6.07, 6.45) is 0.993. The topological polar surface area (TPSA) is 77.9 Å². The van der Waals surface area contributed by atoms with Crippen LogP contribution in [0, 0.1) is 6.92 Å². The van der Waals surface area contributed by atoms with Crippen molar-refractivity contribution in [3.63, 3.8) is 0 Å². The van der Waals surface area contributed by atoms with E-state index in [4.69, 9.17) is 0 Å². The smallest absolute Gasteiger partial charge is 0.323 e. The molecule has 0 saturated carbocycles. The van der Waals surface area contributed by atoms with Crippen LogP contribution in [0.15, 0.2) is 48.5 Å². The van der Waals surface area contributed by atoms with Crippen LogP contribution in [0.2, 0.25) is 0 Å². The van der Waals surface area contributed by atoms with E-state index in [0.29, 0.717) is 37.2 Å². The predicted molar refractivity (Wildman–Crippen MR) is 104 cm³/mol. The van der Waals surface area contributed by atoms with Gasteiger partial charge in [0.05, 0.1) is 5.41 Å². The van der Waals surface area contributed by atoms with Gasteiger partial charge in [0.2, 0.25) is 5.91 Å². The number of anilines is 1. The number of aryl methyl sites for hydroxylation is 1. The second-order valence-electron chi connectivity index (χ2n) is 7.54. The molecule has 0 bridgehead atoms. The first-order valence-electron chi connectivity index (χ1n) is 9.41. The average molecular weight is 378 g/mol. The van der Waals surface area contributed by atoms with Gasteiger partial charge in [0.25, 0.3) is 5.91 Å². The Hall–Kier alpha value is -3.15. The van der Waals surface area contributed by atoms with Gasteiger partial charge < -0.3 is 14.9 Å². The highest BCUT2D eigenvalue weighted by Crippen LogP contribution is 2.47. The number of likely N-dealkylation sites (tertiary alicyclic amines) is 1. The Balaban J connectivity index is 1.58. The zero-order valence-corrected chi connectivity index (χ0v) is 15.7. The maximum atomic E-state index is 13.2. The molecule has 1 saturated heterocycles. The quantitative estimate of drug-likeness (QED) is 0.891. The van der Waals surface area contributed by atoms with Crippen LogP contribution in [0.1, 0.15) is 34.3 Å². The number of carbonyl (C=O) groups is 3. The Morgan fingerprint density at radius 1 is 1.04 bits per heavy atom. The number of fused-ring (bicyclic) bond motifs is 2. The van der Waals surface area contributed by atoms with Crippen LogP contribution in [0.4, 0.5) is 5.69 Å². The summed E-state index contributed by atoms with van der Waals surface area (Å²) in [5, 5.41) is 9.22. The molecule has 2 aliphatic rings. The summed E-state index contributed by atoms with van der Waals surface area (Å²) in [5.41, 5.74) is 2.56. The number of benzene rings is 2. The number of amides is 2. The minimum Gasteiger partial charge on any atom is -0.480 e. The Morgan fingerprint density at radius 3 is 2.32 bits per heavy atom. The van der Waals surface area contributed by atoms with Gasteiger partial charge in [0.1, 0.15) is 6.54 Å². The number of rotatable bonds is 3. The van der Waals surface area contributed by atoms with Crippen molar-refractivity contribution >= 4 is 23.5 Å². The van der Waals surface area contributed by atoms with Crippen LogP contribution in [0.3, 0.4) is 0 Å². The molecule has 2 heterocycles. The van der Waals surface area contributed by atoms with E-state index in [1.54, 1.807) is 11.0 Å². The Morgan fingerprint density at radius 2 is 1.68 bits per heavy atom. The van der Waals surface area contributed by atoms with E-state index < -0.39 is 11.4 Å². The number of hydrogen-bond donors (Lipinski definition) is 1. The minimum absolute atomic E-state index is 0.0315. The maximum absolute atomic E-state index is 13.2. The lowest BCUT2D eigenvalue weighted by atomic mass is 9.73. The molecule has 1 N–H and O–H groups in total. The molecule has 6 nitrogen and oxygen atoms in total. The number of carbonyl (C=O) groups excluding carboxylic acids is 2. The van der Waals surface area contributed by atoms with E-state index in [1.165, 1.54) is 4.90 Å². The fourth-order valence-corrected chi connectivity index (χ4v) is 4.34. The third-order valence-electron chi connectivity index (χ3n) is 5.86. The molecular weight excluding hydrogens is 356 g/mol. The Labute approximate surface area is 163 Å².